The van der Waals surface area contributed by atoms with Crippen LogP contribution in [0.3, 0.4) is 0 Å². The predicted octanol–water partition coefficient (Wildman–Crippen LogP) is 6.46. The predicted molar refractivity (Wildman–Crippen MR) is 200 cm³/mol. The van der Waals surface area contributed by atoms with E-state index in [1.54, 1.807) is 0 Å². The molecule has 1 aliphatic heterocycles. The fraction of sp³-hybridized carbons (Fsp3) is 0.143. The summed E-state index contributed by atoms with van der Waals surface area (Å²) < 4.78 is 15.4. The summed E-state index contributed by atoms with van der Waals surface area (Å²) in [6.45, 7) is 8.43. The average molecular weight is 628 g/mol. The highest BCUT2D eigenvalue weighted by Gasteiger charge is 2.51. The first kappa shape index (κ1) is 29.7. The fourth-order valence-corrected chi connectivity index (χ4v) is 12.1. The van der Waals surface area contributed by atoms with Crippen LogP contribution in [0.25, 0.3) is 27.5 Å². The quantitative estimate of drug-likeness (QED) is 0.156. The lowest BCUT2D eigenvalue weighted by Gasteiger charge is -2.34. The summed E-state index contributed by atoms with van der Waals surface area (Å²) in [5.41, 5.74) is 3.72. The molecular weight excluding hydrogens is 589 g/mol. The molecule has 0 aliphatic carbocycles. The van der Waals surface area contributed by atoms with Crippen molar-refractivity contribution in [2.24, 2.45) is 0 Å². The van der Waals surface area contributed by atoms with Gasteiger partial charge in [-0.2, -0.15) is 0 Å². The van der Waals surface area contributed by atoms with Crippen LogP contribution in [0.1, 0.15) is 27.7 Å². The minimum Gasteiger partial charge on any atom is -0.399 e. The van der Waals surface area contributed by atoms with Gasteiger partial charge in [0.1, 0.15) is 0 Å². The van der Waals surface area contributed by atoms with Crippen LogP contribution in [0.15, 0.2) is 158 Å². The number of nitrogens with zero attached hydrogens (tertiary/aromatic N) is 1. The fourth-order valence-electron chi connectivity index (χ4n) is 7.32. The molecule has 230 valence electrons. The van der Waals surface area contributed by atoms with Crippen LogP contribution in [-0.4, -0.2) is 31.0 Å². The van der Waals surface area contributed by atoms with Gasteiger partial charge in [0.05, 0.1) is 22.2 Å². The zero-order chi connectivity index (χ0) is 32.2. The number of aromatic nitrogens is 1. The van der Waals surface area contributed by atoms with Crippen molar-refractivity contribution >= 4 is 63.2 Å². The van der Waals surface area contributed by atoms with Crippen LogP contribution in [0, 0.1) is 0 Å². The van der Waals surface area contributed by atoms with E-state index in [1.165, 1.54) is 37.0 Å². The molecule has 0 N–H and O–H groups in total. The van der Waals surface area contributed by atoms with Gasteiger partial charge in [-0.3, -0.25) is 0 Å². The van der Waals surface area contributed by atoms with Crippen molar-refractivity contribution in [2.75, 3.05) is 0 Å². The molecule has 5 heteroatoms. The summed E-state index contributed by atoms with van der Waals surface area (Å²) in [6.07, 6.45) is 0. The molecule has 3 nitrogen and oxygen atoms in total. The zero-order valence-corrected chi connectivity index (χ0v) is 28.4. The van der Waals surface area contributed by atoms with Crippen LogP contribution < -0.4 is 26.2 Å². The summed E-state index contributed by atoms with van der Waals surface area (Å²) in [7, 11) is -3.13. The summed E-state index contributed by atoms with van der Waals surface area (Å²) in [5, 5.41) is 7.84. The van der Waals surface area contributed by atoms with Gasteiger partial charge in [0.15, 0.2) is 8.07 Å². The topological polar surface area (TPSA) is 23.4 Å². The highest BCUT2D eigenvalue weighted by Crippen LogP contribution is 2.37. The minimum absolute atomic E-state index is 0.403. The Morgan fingerprint density at radius 2 is 0.957 bits per heavy atom. The molecule has 1 aliphatic rings. The van der Waals surface area contributed by atoms with Crippen molar-refractivity contribution < 1.29 is 9.31 Å². The lowest BCUT2D eigenvalue weighted by atomic mass is 9.78. The summed E-state index contributed by atoms with van der Waals surface area (Å²) >= 11 is 0. The molecule has 0 amide bonds. The van der Waals surface area contributed by atoms with Gasteiger partial charge in [-0.25, -0.2) is 0 Å². The van der Waals surface area contributed by atoms with Crippen LogP contribution in [0.5, 0.6) is 0 Å². The number of hydrogen-bond donors (Lipinski definition) is 0. The van der Waals surface area contributed by atoms with E-state index >= 15 is 0 Å². The normalized spacial score (nSPS) is 15.8. The van der Waals surface area contributed by atoms with Gasteiger partial charge < -0.3 is 13.9 Å². The van der Waals surface area contributed by atoms with Gasteiger partial charge in [0.25, 0.3) is 0 Å². The van der Waals surface area contributed by atoms with Crippen molar-refractivity contribution in [3.63, 3.8) is 0 Å². The van der Waals surface area contributed by atoms with Crippen molar-refractivity contribution in [1.82, 2.24) is 4.57 Å². The zero-order valence-electron chi connectivity index (χ0n) is 27.4. The summed E-state index contributed by atoms with van der Waals surface area (Å²) in [4.78, 5) is 0. The Balaban J connectivity index is 1.43. The van der Waals surface area contributed by atoms with Gasteiger partial charge in [-0.1, -0.05) is 133 Å². The molecule has 0 spiro atoms. The number of fused-ring (bicyclic) bond motifs is 3. The third-order valence-electron chi connectivity index (χ3n) is 10.4. The first-order valence-electron chi connectivity index (χ1n) is 16.5. The van der Waals surface area contributed by atoms with Crippen molar-refractivity contribution in [1.29, 1.82) is 0 Å². The molecule has 0 atom stereocenters. The molecule has 6 aromatic carbocycles. The Morgan fingerprint density at radius 3 is 1.47 bits per heavy atom. The first-order valence-corrected chi connectivity index (χ1v) is 18.5. The van der Waals surface area contributed by atoms with Crippen LogP contribution in [-0.2, 0) is 9.31 Å². The van der Waals surface area contributed by atoms with Gasteiger partial charge in [-0.05, 0) is 78.2 Å². The molecule has 1 fully saturated rings. The molecule has 1 aromatic heterocycles. The average Bonchev–Trinajstić information content (AvgIpc) is 3.54. The van der Waals surface area contributed by atoms with E-state index in [2.05, 4.69) is 190 Å². The van der Waals surface area contributed by atoms with E-state index < -0.39 is 26.4 Å². The Kier molecular flexibility index (Phi) is 7.10. The molecule has 1 saturated heterocycles. The first-order chi connectivity index (χ1) is 22.8. The Labute approximate surface area is 278 Å². The number of hydrogen-bond acceptors (Lipinski definition) is 2. The van der Waals surface area contributed by atoms with E-state index in [-0.39, 0.29) is 0 Å². The Hall–Kier alpha value is -4.68. The molecular formula is C42H38BNO2Si. The van der Waals surface area contributed by atoms with Crippen molar-refractivity contribution in [3.8, 4) is 5.69 Å². The standard InChI is InChI=1S/C42H38BNO2Si/c1-41(2)42(3,4)46-43(45-41)31-25-28-39-38(29-31)37-27-26-36(30-40(37)44(39)32-17-9-5-10-18-32)47(33-19-11-6-12-20-33,34-21-13-7-14-22-34)35-23-15-8-16-24-35/h5-30H,1-4H3. The van der Waals surface area contributed by atoms with Gasteiger partial charge >= 0.3 is 7.12 Å². The molecule has 0 saturated carbocycles. The van der Waals surface area contributed by atoms with E-state index in [0.717, 1.165) is 16.7 Å². The maximum atomic E-state index is 6.49. The van der Waals surface area contributed by atoms with Gasteiger partial charge in [0, 0.05) is 16.5 Å². The van der Waals surface area contributed by atoms with Crippen LogP contribution in [0.2, 0.25) is 0 Å². The smallest absolute Gasteiger partial charge is 0.399 e. The van der Waals surface area contributed by atoms with E-state index in [0.29, 0.717) is 0 Å². The van der Waals surface area contributed by atoms with Crippen LogP contribution in [0.4, 0.5) is 0 Å². The monoisotopic (exact) mass is 627 g/mol. The highest BCUT2D eigenvalue weighted by atomic mass is 28.3. The van der Waals surface area contributed by atoms with Crippen LogP contribution >= 0.6 is 0 Å². The van der Waals surface area contributed by atoms with E-state index in [1.807, 2.05) is 0 Å². The van der Waals surface area contributed by atoms with E-state index in [9.17, 15) is 0 Å². The molecule has 0 bridgehead atoms. The lowest BCUT2D eigenvalue weighted by Crippen LogP contribution is -2.74. The second kappa shape index (κ2) is 11.2. The third-order valence-corrected chi connectivity index (χ3v) is 15.2. The Morgan fingerprint density at radius 1 is 0.468 bits per heavy atom. The third kappa shape index (κ3) is 4.72. The van der Waals surface area contributed by atoms with Crippen molar-refractivity contribution in [2.45, 2.75) is 38.9 Å². The number of rotatable bonds is 6. The molecule has 7 aromatic rings. The summed E-state index contributed by atoms with van der Waals surface area (Å²) in [6, 6.07) is 57.9. The second-order valence-corrected chi connectivity index (χ2v) is 17.4. The van der Waals surface area contributed by atoms with Gasteiger partial charge in [-0.15, -0.1) is 0 Å². The largest absolute Gasteiger partial charge is 0.494 e. The van der Waals surface area contributed by atoms with E-state index in [4.69, 9.17) is 9.31 Å². The molecule has 8 rings (SSSR count). The Bertz CT molecular complexity index is 2080. The number of para-hydroxylation sites is 1. The molecule has 2 heterocycles. The maximum absolute atomic E-state index is 6.49. The molecule has 0 unspecified atom stereocenters. The lowest BCUT2D eigenvalue weighted by molar-refractivity contribution is 0.00578. The molecule has 0 radical (unpaired) electrons. The summed E-state index contributed by atoms with van der Waals surface area (Å²) in [5.74, 6) is 0. The SMILES string of the molecule is CC1(C)OB(c2ccc3c(c2)c2ccc([Si](c4ccccc4)(c4ccccc4)c4ccccc4)cc2n3-c2ccccc2)OC1(C)C. The number of benzene rings is 6. The minimum atomic E-state index is -2.71. The van der Waals surface area contributed by atoms with Crippen molar-refractivity contribution in [3.05, 3.63) is 158 Å². The molecule has 47 heavy (non-hydrogen) atoms. The van der Waals surface area contributed by atoms with Gasteiger partial charge in [0.2, 0.25) is 0 Å². The second-order valence-electron chi connectivity index (χ2n) is 13.6. The maximum Gasteiger partial charge on any atom is 0.494 e. The highest BCUT2D eigenvalue weighted by molar-refractivity contribution is 7.20.